The summed E-state index contributed by atoms with van der Waals surface area (Å²) in [5.41, 5.74) is 6.24. The van der Waals surface area contributed by atoms with Gasteiger partial charge in [0.2, 0.25) is 0 Å². The van der Waals surface area contributed by atoms with Crippen LogP contribution in [-0.4, -0.2) is 42.1 Å². The Morgan fingerprint density at radius 2 is 1.97 bits per heavy atom. The first-order chi connectivity index (χ1) is 14.7. The molecule has 0 N–H and O–H groups in total. The summed E-state index contributed by atoms with van der Waals surface area (Å²) in [6.45, 7) is 6.96. The second-order valence-electron chi connectivity index (χ2n) is 8.44. The van der Waals surface area contributed by atoms with E-state index in [0.29, 0.717) is 18.4 Å². The van der Waals surface area contributed by atoms with Crippen LogP contribution in [0.4, 0.5) is 0 Å². The van der Waals surface area contributed by atoms with Gasteiger partial charge >= 0.3 is 0 Å². The van der Waals surface area contributed by atoms with Crippen LogP contribution in [0.15, 0.2) is 30.5 Å². The second kappa shape index (κ2) is 8.43. The Morgan fingerprint density at radius 1 is 1.17 bits per heavy atom. The third-order valence-electron chi connectivity index (χ3n) is 6.74. The molecule has 3 atom stereocenters. The zero-order valence-electron chi connectivity index (χ0n) is 17.7. The smallest absolute Gasteiger partial charge is 0.199 e. The van der Waals surface area contributed by atoms with E-state index in [4.69, 9.17) is 26.1 Å². The van der Waals surface area contributed by atoms with Crippen molar-refractivity contribution in [3.8, 4) is 0 Å². The van der Waals surface area contributed by atoms with Gasteiger partial charge in [0, 0.05) is 36.8 Å². The third kappa shape index (κ3) is 3.71. The molecular formula is C25H29ClN2O2. The summed E-state index contributed by atoms with van der Waals surface area (Å²) >= 11 is 6.58. The summed E-state index contributed by atoms with van der Waals surface area (Å²) in [7, 11) is 0. The summed E-state index contributed by atoms with van der Waals surface area (Å²) in [6.07, 6.45) is 9.64. The minimum atomic E-state index is -0.0361. The maximum atomic E-state index is 6.58. The molecule has 2 saturated heterocycles. The normalized spacial score (nSPS) is 26.2. The summed E-state index contributed by atoms with van der Waals surface area (Å²) in [4.78, 5) is 7.31. The Labute approximate surface area is 183 Å². The fourth-order valence-corrected chi connectivity index (χ4v) is 5.42. The molecule has 2 aromatic rings. The van der Waals surface area contributed by atoms with E-state index >= 15 is 0 Å². The number of fused-ring (bicyclic) bond motifs is 2. The summed E-state index contributed by atoms with van der Waals surface area (Å²) in [6, 6.07) is 8.68. The molecule has 0 spiro atoms. The number of aryl methyl sites for hydroxylation is 1. The van der Waals surface area contributed by atoms with E-state index in [1.807, 2.05) is 19.2 Å². The fraction of sp³-hybridized carbons (Fsp3) is 0.480. The number of epoxide rings is 1. The number of benzene rings is 1. The average Bonchev–Trinajstić information content (AvgIpc) is 3.56. The zero-order chi connectivity index (χ0) is 20.7. The lowest BCUT2D eigenvalue weighted by Gasteiger charge is -2.36. The molecule has 2 fully saturated rings. The van der Waals surface area contributed by atoms with Crippen LogP contribution in [0.1, 0.15) is 60.6 Å². The highest BCUT2D eigenvalue weighted by Crippen LogP contribution is 2.44. The van der Waals surface area contributed by atoms with Crippen LogP contribution in [0, 0.1) is 5.92 Å². The van der Waals surface area contributed by atoms with Crippen LogP contribution < -0.4 is 0 Å². The first-order valence-corrected chi connectivity index (χ1v) is 11.5. The van der Waals surface area contributed by atoms with Crippen molar-refractivity contribution >= 4 is 23.8 Å². The van der Waals surface area contributed by atoms with Crippen molar-refractivity contribution in [1.29, 1.82) is 0 Å². The second-order valence-corrected chi connectivity index (χ2v) is 8.85. The lowest BCUT2D eigenvalue weighted by atomic mass is 9.76. The maximum Gasteiger partial charge on any atom is 0.199 e. The van der Waals surface area contributed by atoms with Gasteiger partial charge in [0.25, 0.3) is 0 Å². The number of likely N-dealkylation sites (tertiary alicyclic amines) is 1. The fourth-order valence-electron chi connectivity index (χ4n) is 5.12. The first-order valence-electron chi connectivity index (χ1n) is 11.2. The summed E-state index contributed by atoms with van der Waals surface area (Å²) < 4.78 is 11.3. The van der Waals surface area contributed by atoms with Crippen molar-refractivity contribution in [3.05, 3.63) is 63.4 Å². The number of hydrogen-bond donors (Lipinski definition) is 0. The minimum absolute atomic E-state index is 0.0361. The van der Waals surface area contributed by atoms with Gasteiger partial charge in [-0.25, -0.2) is 0 Å². The molecule has 4 nitrogen and oxygen atoms in total. The molecule has 1 aliphatic carbocycles. The van der Waals surface area contributed by atoms with Crippen LogP contribution in [-0.2, 0) is 15.9 Å². The van der Waals surface area contributed by atoms with Gasteiger partial charge in [-0.2, -0.15) is 0 Å². The van der Waals surface area contributed by atoms with Gasteiger partial charge in [-0.3, -0.25) is 9.88 Å². The molecule has 5 heteroatoms. The molecule has 0 bridgehead atoms. The number of rotatable bonds is 5. The summed E-state index contributed by atoms with van der Waals surface area (Å²) in [5, 5.41) is 0.862. The minimum Gasteiger partial charge on any atom is -0.349 e. The first kappa shape index (κ1) is 20.2. The Morgan fingerprint density at radius 3 is 2.73 bits per heavy atom. The zero-order valence-corrected chi connectivity index (χ0v) is 18.4. The standard InChI is InChI=1S/C25H29ClN2O2/c1-3-16-14-20-19(15-21(16)26)8-7-18-6-5-11-27-23(18)22(20)17-9-12-28(13-10-17)24-25(30-24)29-4-2/h5-8,11,14-15,17,22,24-25H,3-4,9-10,12-13H2,1-2H3. The van der Waals surface area contributed by atoms with E-state index in [9.17, 15) is 0 Å². The van der Waals surface area contributed by atoms with Crippen LogP contribution >= 0.6 is 11.6 Å². The molecule has 0 radical (unpaired) electrons. The molecule has 2 aliphatic heterocycles. The number of ether oxygens (including phenoxy) is 2. The number of halogens is 1. The van der Waals surface area contributed by atoms with E-state index in [1.165, 1.54) is 27.9 Å². The Bertz CT molecular complexity index is 952. The van der Waals surface area contributed by atoms with Gasteiger partial charge < -0.3 is 9.47 Å². The molecule has 5 rings (SSSR count). The predicted octanol–water partition coefficient (Wildman–Crippen LogP) is 5.34. The Balaban J connectivity index is 1.45. The largest absolute Gasteiger partial charge is 0.349 e. The van der Waals surface area contributed by atoms with Gasteiger partial charge in [-0.15, -0.1) is 0 Å². The van der Waals surface area contributed by atoms with Gasteiger partial charge in [-0.1, -0.05) is 42.8 Å². The Kier molecular flexibility index (Phi) is 5.67. The van der Waals surface area contributed by atoms with Gasteiger partial charge in [0.05, 0.1) is 5.69 Å². The number of piperidine rings is 1. The van der Waals surface area contributed by atoms with Crippen LogP contribution in [0.25, 0.3) is 12.2 Å². The monoisotopic (exact) mass is 424 g/mol. The van der Waals surface area contributed by atoms with Crippen molar-refractivity contribution in [2.24, 2.45) is 5.92 Å². The van der Waals surface area contributed by atoms with E-state index in [1.54, 1.807) is 0 Å². The molecule has 3 heterocycles. The molecule has 1 aromatic heterocycles. The number of hydrogen-bond acceptors (Lipinski definition) is 4. The quantitative estimate of drug-likeness (QED) is 0.607. The Hall–Kier alpha value is -1.72. The van der Waals surface area contributed by atoms with Crippen molar-refractivity contribution in [3.63, 3.8) is 0 Å². The number of pyridine rings is 1. The number of aromatic nitrogens is 1. The topological polar surface area (TPSA) is 37.9 Å². The lowest BCUT2D eigenvalue weighted by Crippen LogP contribution is -2.39. The number of nitrogens with zero attached hydrogens (tertiary/aromatic N) is 2. The molecule has 0 saturated carbocycles. The molecule has 0 amide bonds. The van der Waals surface area contributed by atoms with Crippen LogP contribution in [0.3, 0.4) is 0 Å². The highest BCUT2D eigenvalue weighted by molar-refractivity contribution is 6.31. The molecule has 3 unspecified atom stereocenters. The van der Waals surface area contributed by atoms with Crippen molar-refractivity contribution in [2.75, 3.05) is 19.7 Å². The molecule has 158 valence electrons. The average molecular weight is 425 g/mol. The highest BCUT2D eigenvalue weighted by atomic mass is 35.5. The summed E-state index contributed by atoms with van der Waals surface area (Å²) in [5.74, 6) is 0.836. The van der Waals surface area contributed by atoms with Crippen molar-refractivity contribution in [2.45, 2.75) is 51.5 Å². The van der Waals surface area contributed by atoms with Crippen LogP contribution in [0.2, 0.25) is 5.02 Å². The molecule has 30 heavy (non-hydrogen) atoms. The lowest BCUT2D eigenvalue weighted by molar-refractivity contribution is 0.0590. The van der Waals surface area contributed by atoms with Crippen molar-refractivity contribution in [1.82, 2.24) is 9.88 Å². The third-order valence-corrected chi connectivity index (χ3v) is 7.09. The molecule has 3 aliphatic rings. The van der Waals surface area contributed by atoms with Crippen LogP contribution in [0.5, 0.6) is 0 Å². The van der Waals surface area contributed by atoms with E-state index in [2.05, 4.69) is 42.2 Å². The van der Waals surface area contributed by atoms with E-state index in [-0.39, 0.29) is 12.5 Å². The SMILES string of the molecule is CCOC1OC1N1CCC(C2c3cc(CC)c(Cl)cc3C=Cc3cccnc32)CC1. The highest BCUT2D eigenvalue weighted by Gasteiger charge is 2.46. The predicted molar refractivity (Wildman–Crippen MR) is 120 cm³/mol. The maximum absolute atomic E-state index is 6.58. The van der Waals surface area contributed by atoms with Gasteiger partial charge in [0.1, 0.15) is 0 Å². The van der Waals surface area contributed by atoms with Gasteiger partial charge in [0.15, 0.2) is 12.5 Å². The van der Waals surface area contributed by atoms with Gasteiger partial charge in [-0.05, 0) is 66.5 Å². The molecule has 1 aromatic carbocycles. The molecular weight excluding hydrogens is 396 g/mol. The van der Waals surface area contributed by atoms with E-state index in [0.717, 1.165) is 37.4 Å². The van der Waals surface area contributed by atoms with E-state index < -0.39 is 0 Å². The van der Waals surface area contributed by atoms with Crippen molar-refractivity contribution < 1.29 is 9.47 Å².